The lowest BCUT2D eigenvalue weighted by Crippen LogP contribution is -2.39. The molecule has 1 saturated carbocycles. The Morgan fingerprint density at radius 3 is 2.28 bits per heavy atom. The summed E-state index contributed by atoms with van der Waals surface area (Å²) in [5.74, 6) is 0.159. The van der Waals surface area contributed by atoms with Gasteiger partial charge in [-0.1, -0.05) is 31.4 Å². The van der Waals surface area contributed by atoms with Crippen molar-refractivity contribution >= 4 is 17.5 Å². The second-order valence-corrected chi connectivity index (χ2v) is 7.24. The van der Waals surface area contributed by atoms with Crippen molar-refractivity contribution in [1.29, 1.82) is 0 Å². The lowest BCUT2D eigenvalue weighted by Gasteiger charge is -2.30. The zero-order valence-corrected chi connectivity index (χ0v) is 15.8. The minimum Gasteiger partial charge on any atom is -0.349 e. The molecule has 138 valence electrons. The Balaban J connectivity index is 1.77. The SMILES string of the molecule is CN(C)C(=O)CCc1ccc(NC(=O)CN(C)C2CCCCC2)cc1. The van der Waals surface area contributed by atoms with E-state index in [1.165, 1.54) is 32.1 Å². The highest BCUT2D eigenvalue weighted by atomic mass is 16.2. The molecule has 0 heterocycles. The molecule has 5 nitrogen and oxygen atoms in total. The molecule has 1 aromatic rings. The first kappa shape index (κ1) is 19.4. The van der Waals surface area contributed by atoms with E-state index in [1.807, 2.05) is 31.3 Å². The van der Waals surface area contributed by atoms with Crippen LogP contribution >= 0.6 is 0 Å². The van der Waals surface area contributed by atoms with E-state index in [2.05, 4.69) is 10.2 Å². The smallest absolute Gasteiger partial charge is 0.238 e. The van der Waals surface area contributed by atoms with Crippen LogP contribution < -0.4 is 5.32 Å². The standard InChI is InChI=1S/C20H31N3O2/c1-22(2)20(25)14-11-16-9-12-17(13-10-16)21-19(24)15-23(3)18-7-5-4-6-8-18/h9-10,12-13,18H,4-8,11,14-15H2,1-3H3,(H,21,24). The van der Waals surface area contributed by atoms with Gasteiger partial charge in [-0.05, 0) is 44.0 Å². The largest absolute Gasteiger partial charge is 0.349 e. The number of aryl methyl sites for hydroxylation is 1. The number of amides is 2. The molecule has 25 heavy (non-hydrogen) atoms. The molecule has 0 aromatic heterocycles. The highest BCUT2D eigenvalue weighted by Gasteiger charge is 2.19. The van der Waals surface area contributed by atoms with Gasteiger partial charge in [0, 0.05) is 32.2 Å². The number of nitrogens with one attached hydrogen (secondary N) is 1. The van der Waals surface area contributed by atoms with Crippen LogP contribution in [0.1, 0.15) is 44.1 Å². The number of hydrogen-bond donors (Lipinski definition) is 1. The van der Waals surface area contributed by atoms with Crippen LogP contribution in [0.4, 0.5) is 5.69 Å². The minimum absolute atomic E-state index is 0.0311. The summed E-state index contributed by atoms with van der Waals surface area (Å²) in [6, 6.07) is 8.31. The van der Waals surface area contributed by atoms with Gasteiger partial charge in [-0.3, -0.25) is 14.5 Å². The van der Waals surface area contributed by atoms with Crippen LogP contribution in [0.3, 0.4) is 0 Å². The van der Waals surface area contributed by atoms with Crippen LogP contribution in [-0.2, 0) is 16.0 Å². The average Bonchev–Trinajstić information content (AvgIpc) is 2.61. The Morgan fingerprint density at radius 1 is 1.04 bits per heavy atom. The molecule has 1 N–H and O–H groups in total. The van der Waals surface area contributed by atoms with Crippen molar-refractivity contribution in [2.75, 3.05) is 33.0 Å². The summed E-state index contributed by atoms with van der Waals surface area (Å²) < 4.78 is 0. The lowest BCUT2D eigenvalue weighted by atomic mass is 9.94. The minimum atomic E-state index is 0.0311. The first-order valence-electron chi connectivity index (χ1n) is 9.25. The van der Waals surface area contributed by atoms with Crippen molar-refractivity contribution in [3.05, 3.63) is 29.8 Å². The van der Waals surface area contributed by atoms with Gasteiger partial charge in [-0.25, -0.2) is 0 Å². The summed E-state index contributed by atoms with van der Waals surface area (Å²) in [5, 5.41) is 2.97. The van der Waals surface area contributed by atoms with Gasteiger partial charge in [0.25, 0.3) is 0 Å². The number of carbonyl (C=O) groups is 2. The summed E-state index contributed by atoms with van der Waals surface area (Å²) in [5.41, 5.74) is 1.91. The van der Waals surface area contributed by atoms with E-state index in [4.69, 9.17) is 0 Å². The molecule has 0 bridgehead atoms. The Kier molecular flexibility index (Phi) is 7.44. The second kappa shape index (κ2) is 9.56. The maximum atomic E-state index is 12.2. The number of benzene rings is 1. The van der Waals surface area contributed by atoms with Crippen molar-refractivity contribution in [3.8, 4) is 0 Å². The molecule has 0 aliphatic heterocycles. The van der Waals surface area contributed by atoms with Crippen molar-refractivity contribution in [2.24, 2.45) is 0 Å². The zero-order valence-electron chi connectivity index (χ0n) is 15.8. The van der Waals surface area contributed by atoms with E-state index in [0.29, 0.717) is 19.0 Å². The fraction of sp³-hybridized carbons (Fsp3) is 0.600. The molecule has 2 rings (SSSR count). The van der Waals surface area contributed by atoms with E-state index < -0.39 is 0 Å². The van der Waals surface area contributed by atoms with Crippen LogP contribution in [-0.4, -0.2) is 55.3 Å². The van der Waals surface area contributed by atoms with Crippen molar-refractivity contribution in [3.63, 3.8) is 0 Å². The number of hydrogen-bond acceptors (Lipinski definition) is 3. The predicted molar refractivity (Wildman–Crippen MR) is 102 cm³/mol. The number of rotatable bonds is 7. The maximum Gasteiger partial charge on any atom is 0.238 e. The van der Waals surface area contributed by atoms with Crippen molar-refractivity contribution < 1.29 is 9.59 Å². The Hall–Kier alpha value is -1.88. The molecular weight excluding hydrogens is 314 g/mol. The molecule has 1 aliphatic carbocycles. The first-order valence-corrected chi connectivity index (χ1v) is 9.25. The van der Waals surface area contributed by atoms with Gasteiger partial charge in [0.1, 0.15) is 0 Å². The number of carbonyl (C=O) groups excluding carboxylic acids is 2. The van der Waals surface area contributed by atoms with Crippen LogP contribution in [0, 0.1) is 0 Å². The van der Waals surface area contributed by atoms with E-state index in [-0.39, 0.29) is 11.8 Å². The summed E-state index contributed by atoms with van der Waals surface area (Å²) in [6.45, 7) is 0.434. The quantitative estimate of drug-likeness (QED) is 0.827. The second-order valence-electron chi connectivity index (χ2n) is 7.24. The third kappa shape index (κ3) is 6.50. The van der Waals surface area contributed by atoms with Gasteiger partial charge in [-0.15, -0.1) is 0 Å². The molecule has 1 fully saturated rings. The van der Waals surface area contributed by atoms with Crippen molar-refractivity contribution in [2.45, 2.75) is 51.0 Å². The Morgan fingerprint density at radius 2 is 1.68 bits per heavy atom. The zero-order chi connectivity index (χ0) is 18.2. The number of likely N-dealkylation sites (N-methyl/N-ethyl adjacent to an activating group) is 1. The fourth-order valence-electron chi connectivity index (χ4n) is 3.31. The molecule has 0 unspecified atom stereocenters. The monoisotopic (exact) mass is 345 g/mol. The average molecular weight is 345 g/mol. The molecule has 0 saturated heterocycles. The molecule has 0 spiro atoms. The molecular formula is C20H31N3O2. The topological polar surface area (TPSA) is 52.7 Å². The summed E-state index contributed by atoms with van der Waals surface area (Å²) in [4.78, 5) is 27.6. The van der Waals surface area contributed by atoms with Gasteiger partial charge < -0.3 is 10.2 Å². The van der Waals surface area contributed by atoms with E-state index >= 15 is 0 Å². The van der Waals surface area contributed by atoms with Gasteiger partial charge in [0.2, 0.25) is 11.8 Å². The maximum absolute atomic E-state index is 12.2. The number of anilines is 1. The fourth-order valence-corrected chi connectivity index (χ4v) is 3.31. The van der Waals surface area contributed by atoms with E-state index in [0.717, 1.165) is 17.7 Å². The molecule has 1 aromatic carbocycles. The summed E-state index contributed by atoms with van der Waals surface area (Å²) in [6.07, 6.45) is 7.49. The third-order valence-corrected chi connectivity index (χ3v) is 4.96. The van der Waals surface area contributed by atoms with Gasteiger partial charge >= 0.3 is 0 Å². The normalized spacial score (nSPS) is 15.2. The predicted octanol–water partition coefficient (Wildman–Crippen LogP) is 2.91. The summed E-state index contributed by atoms with van der Waals surface area (Å²) >= 11 is 0. The van der Waals surface area contributed by atoms with Crippen molar-refractivity contribution in [1.82, 2.24) is 9.80 Å². The molecule has 2 amide bonds. The van der Waals surface area contributed by atoms with Crippen LogP contribution in [0.15, 0.2) is 24.3 Å². The van der Waals surface area contributed by atoms with E-state index in [9.17, 15) is 9.59 Å². The van der Waals surface area contributed by atoms with Crippen LogP contribution in [0.25, 0.3) is 0 Å². The lowest BCUT2D eigenvalue weighted by molar-refractivity contribution is -0.128. The van der Waals surface area contributed by atoms with Gasteiger partial charge in [0.05, 0.1) is 6.54 Å². The highest BCUT2D eigenvalue weighted by Crippen LogP contribution is 2.21. The van der Waals surface area contributed by atoms with Gasteiger partial charge in [-0.2, -0.15) is 0 Å². The Labute approximate surface area is 151 Å². The molecule has 0 radical (unpaired) electrons. The molecule has 1 aliphatic rings. The number of nitrogens with zero attached hydrogens (tertiary/aromatic N) is 2. The van der Waals surface area contributed by atoms with E-state index in [1.54, 1.807) is 19.0 Å². The molecule has 5 heteroatoms. The third-order valence-electron chi connectivity index (χ3n) is 4.96. The van der Waals surface area contributed by atoms with Crippen LogP contribution in [0.2, 0.25) is 0 Å². The van der Waals surface area contributed by atoms with Gasteiger partial charge in [0.15, 0.2) is 0 Å². The molecule has 0 atom stereocenters. The first-order chi connectivity index (χ1) is 12.0. The highest BCUT2D eigenvalue weighted by molar-refractivity contribution is 5.92. The van der Waals surface area contributed by atoms with Crippen LogP contribution in [0.5, 0.6) is 0 Å². The Bertz CT molecular complexity index is 563. The summed E-state index contributed by atoms with van der Waals surface area (Å²) in [7, 11) is 5.58.